The molecular formula is C10H20N2O2. The van der Waals surface area contributed by atoms with E-state index in [0.717, 1.165) is 39.0 Å². The van der Waals surface area contributed by atoms with Gasteiger partial charge in [-0.15, -0.1) is 0 Å². The maximum atomic E-state index is 11.3. The van der Waals surface area contributed by atoms with E-state index in [9.17, 15) is 4.79 Å². The van der Waals surface area contributed by atoms with Gasteiger partial charge in [-0.05, 0) is 25.9 Å². The summed E-state index contributed by atoms with van der Waals surface area (Å²) in [5.74, 6) is 0.131. The lowest BCUT2D eigenvalue weighted by Gasteiger charge is -2.26. The first-order chi connectivity index (χ1) is 6.84. The van der Waals surface area contributed by atoms with E-state index in [1.807, 2.05) is 4.90 Å². The van der Waals surface area contributed by atoms with Crippen LogP contribution >= 0.6 is 0 Å². The van der Waals surface area contributed by atoms with E-state index < -0.39 is 0 Å². The molecule has 1 rings (SSSR count). The van der Waals surface area contributed by atoms with Gasteiger partial charge in [0.25, 0.3) is 0 Å². The molecule has 1 saturated heterocycles. The van der Waals surface area contributed by atoms with Crippen LogP contribution in [0.15, 0.2) is 0 Å². The Kier molecular flexibility index (Phi) is 5.56. The SMILES string of the molecule is CCCNCCCN1CCOCC1=O. The van der Waals surface area contributed by atoms with E-state index in [2.05, 4.69) is 12.2 Å². The van der Waals surface area contributed by atoms with Crippen LogP contribution in [0.2, 0.25) is 0 Å². The Morgan fingerprint density at radius 2 is 2.36 bits per heavy atom. The lowest BCUT2D eigenvalue weighted by atomic mass is 10.3. The van der Waals surface area contributed by atoms with E-state index in [-0.39, 0.29) is 12.5 Å². The topological polar surface area (TPSA) is 41.6 Å². The molecule has 0 saturated carbocycles. The third-order valence-corrected chi connectivity index (χ3v) is 2.29. The van der Waals surface area contributed by atoms with Gasteiger partial charge in [-0.3, -0.25) is 4.79 Å². The summed E-state index contributed by atoms with van der Waals surface area (Å²) in [4.78, 5) is 13.2. The summed E-state index contributed by atoms with van der Waals surface area (Å²) in [7, 11) is 0. The van der Waals surface area contributed by atoms with Gasteiger partial charge >= 0.3 is 0 Å². The van der Waals surface area contributed by atoms with E-state index in [1.165, 1.54) is 0 Å². The standard InChI is InChI=1S/C10H20N2O2/c1-2-4-11-5-3-6-12-7-8-14-9-10(12)13/h11H,2-9H2,1H3. The number of amides is 1. The van der Waals surface area contributed by atoms with Crippen molar-refractivity contribution in [3.63, 3.8) is 0 Å². The second kappa shape index (κ2) is 6.79. The average molecular weight is 200 g/mol. The quantitative estimate of drug-likeness (QED) is 0.624. The second-order valence-corrected chi connectivity index (χ2v) is 3.54. The Morgan fingerprint density at radius 3 is 3.07 bits per heavy atom. The first-order valence-corrected chi connectivity index (χ1v) is 5.41. The summed E-state index contributed by atoms with van der Waals surface area (Å²) in [5.41, 5.74) is 0. The van der Waals surface area contributed by atoms with Crippen molar-refractivity contribution in [2.24, 2.45) is 0 Å². The zero-order valence-corrected chi connectivity index (χ0v) is 8.92. The predicted molar refractivity (Wildman–Crippen MR) is 55.2 cm³/mol. The highest BCUT2D eigenvalue weighted by Crippen LogP contribution is 1.99. The number of nitrogens with one attached hydrogen (secondary N) is 1. The van der Waals surface area contributed by atoms with E-state index in [4.69, 9.17) is 4.74 Å². The summed E-state index contributed by atoms with van der Waals surface area (Å²) in [6, 6.07) is 0. The number of ether oxygens (including phenoxy) is 1. The third kappa shape index (κ3) is 4.07. The highest BCUT2D eigenvalue weighted by molar-refractivity contribution is 5.77. The van der Waals surface area contributed by atoms with Crippen LogP contribution in [0.3, 0.4) is 0 Å². The van der Waals surface area contributed by atoms with Crippen molar-refractivity contribution in [2.45, 2.75) is 19.8 Å². The predicted octanol–water partition coefficient (Wildman–Crippen LogP) is 0.235. The summed E-state index contributed by atoms with van der Waals surface area (Å²) in [5, 5.41) is 3.32. The van der Waals surface area contributed by atoms with Crippen molar-refractivity contribution in [3.05, 3.63) is 0 Å². The summed E-state index contributed by atoms with van der Waals surface area (Å²) in [6.45, 7) is 6.79. The van der Waals surface area contributed by atoms with Crippen molar-refractivity contribution in [1.82, 2.24) is 10.2 Å². The molecule has 1 aliphatic heterocycles. The van der Waals surface area contributed by atoms with Crippen LogP contribution in [0.25, 0.3) is 0 Å². The number of rotatable bonds is 6. The number of hydrogen-bond acceptors (Lipinski definition) is 3. The molecule has 0 spiro atoms. The van der Waals surface area contributed by atoms with Gasteiger partial charge < -0.3 is 15.0 Å². The minimum absolute atomic E-state index is 0.131. The Bertz CT molecular complexity index is 174. The van der Waals surface area contributed by atoms with Gasteiger partial charge in [0, 0.05) is 13.1 Å². The fourth-order valence-electron chi connectivity index (χ4n) is 1.48. The normalized spacial score (nSPS) is 17.5. The molecule has 1 heterocycles. The van der Waals surface area contributed by atoms with Crippen molar-refractivity contribution < 1.29 is 9.53 Å². The zero-order chi connectivity index (χ0) is 10.2. The molecule has 4 heteroatoms. The number of hydrogen-bond donors (Lipinski definition) is 1. The van der Waals surface area contributed by atoms with Gasteiger partial charge in [0.15, 0.2) is 0 Å². The Hall–Kier alpha value is -0.610. The van der Waals surface area contributed by atoms with Crippen LogP contribution in [0.4, 0.5) is 0 Å². The van der Waals surface area contributed by atoms with Gasteiger partial charge in [-0.25, -0.2) is 0 Å². The largest absolute Gasteiger partial charge is 0.370 e. The Balaban J connectivity index is 2.02. The lowest BCUT2D eigenvalue weighted by Crippen LogP contribution is -2.42. The van der Waals surface area contributed by atoms with Crippen LogP contribution in [-0.2, 0) is 9.53 Å². The lowest BCUT2D eigenvalue weighted by molar-refractivity contribution is -0.142. The molecule has 0 aliphatic carbocycles. The van der Waals surface area contributed by atoms with E-state index in [0.29, 0.717) is 6.61 Å². The highest BCUT2D eigenvalue weighted by Gasteiger charge is 2.17. The molecule has 0 aromatic carbocycles. The van der Waals surface area contributed by atoms with Crippen molar-refractivity contribution in [1.29, 1.82) is 0 Å². The molecular weight excluding hydrogens is 180 g/mol. The molecule has 0 aromatic heterocycles. The maximum Gasteiger partial charge on any atom is 0.248 e. The minimum Gasteiger partial charge on any atom is -0.370 e. The number of morpholine rings is 1. The molecule has 1 aliphatic rings. The van der Waals surface area contributed by atoms with E-state index in [1.54, 1.807) is 0 Å². The molecule has 1 fully saturated rings. The Labute approximate surface area is 85.6 Å². The highest BCUT2D eigenvalue weighted by atomic mass is 16.5. The monoisotopic (exact) mass is 200 g/mol. The van der Waals surface area contributed by atoms with Gasteiger partial charge in [-0.1, -0.05) is 6.92 Å². The Morgan fingerprint density at radius 1 is 1.50 bits per heavy atom. The van der Waals surface area contributed by atoms with Crippen molar-refractivity contribution >= 4 is 5.91 Å². The average Bonchev–Trinajstić information content (AvgIpc) is 2.20. The molecule has 82 valence electrons. The number of carbonyl (C=O) groups excluding carboxylic acids is 1. The van der Waals surface area contributed by atoms with Gasteiger partial charge in [0.2, 0.25) is 5.91 Å². The first-order valence-electron chi connectivity index (χ1n) is 5.41. The third-order valence-electron chi connectivity index (χ3n) is 2.29. The molecule has 0 aromatic rings. The fourth-order valence-corrected chi connectivity index (χ4v) is 1.48. The number of carbonyl (C=O) groups is 1. The van der Waals surface area contributed by atoms with Crippen LogP contribution in [0.1, 0.15) is 19.8 Å². The van der Waals surface area contributed by atoms with Crippen LogP contribution in [-0.4, -0.2) is 50.2 Å². The van der Waals surface area contributed by atoms with Crippen molar-refractivity contribution in [2.75, 3.05) is 39.4 Å². The maximum absolute atomic E-state index is 11.3. The van der Waals surface area contributed by atoms with Crippen LogP contribution in [0, 0.1) is 0 Å². The number of nitrogens with zero attached hydrogens (tertiary/aromatic N) is 1. The van der Waals surface area contributed by atoms with Crippen LogP contribution < -0.4 is 5.32 Å². The molecule has 1 N–H and O–H groups in total. The minimum atomic E-state index is 0.131. The van der Waals surface area contributed by atoms with Crippen molar-refractivity contribution in [3.8, 4) is 0 Å². The molecule has 0 bridgehead atoms. The first kappa shape index (κ1) is 11.5. The van der Waals surface area contributed by atoms with Gasteiger partial charge in [0.1, 0.15) is 6.61 Å². The second-order valence-electron chi connectivity index (χ2n) is 3.54. The molecule has 1 amide bonds. The molecule has 0 atom stereocenters. The van der Waals surface area contributed by atoms with Gasteiger partial charge in [-0.2, -0.15) is 0 Å². The van der Waals surface area contributed by atoms with E-state index >= 15 is 0 Å². The summed E-state index contributed by atoms with van der Waals surface area (Å²) >= 11 is 0. The fraction of sp³-hybridized carbons (Fsp3) is 0.900. The van der Waals surface area contributed by atoms with Gasteiger partial charge in [0.05, 0.1) is 6.61 Å². The molecule has 0 radical (unpaired) electrons. The van der Waals surface area contributed by atoms with Crippen LogP contribution in [0.5, 0.6) is 0 Å². The molecule has 4 nitrogen and oxygen atoms in total. The summed E-state index contributed by atoms with van der Waals surface area (Å²) in [6.07, 6.45) is 2.20. The molecule has 0 unspecified atom stereocenters. The summed E-state index contributed by atoms with van der Waals surface area (Å²) < 4.78 is 5.05. The smallest absolute Gasteiger partial charge is 0.248 e. The zero-order valence-electron chi connectivity index (χ0n) is 8.92. The molecule has 14 heavy (non-hydrogen) atoms.